The van der Waals surface area contributed by atoms with Crippen molar-refractivity contribution in [2.75, 3.05) is 37.0 Å². The Morgan fingerprint density at radius 1 is 1.33 bits per heavy atom. The van der Waals surface area contributed by atoms with Gasteiger partial charge in [-0.05, 0) is 30.4 Å². The van der Waals surface area contributed by atoms with Crippen LogP contribution in [0.3, 0.4) is 0 Å². The Morgan fingerprint density at radius 3 is 2.62 bits per heavy atom. The molecule has 0 bridgehead atoms. The molecule has 0 saturated carbocycles. The number of nitrogens with zero attached hydrogens (tertiary/aromatic N) is 3. The summed E-state index contributed by atoms with van der Waals surface area (Å²) in [6.07, 6.45) is 0. The molecule has 9 heteroatoms. The van der Waals surface area contributed by atoms with Crippen molar-refractivity contribution in [2.24, 2.45) is 0 Å². The van der Waals surface area contributed by atoms with Gasteiger partial charge in [0.05, 0.1) is 30.1 Å². The van der Waals surface area contributed by atoms with Gasteiger partial charge >= 0.3 is 0 Å². The maximum absolute atomic E-state index is 12.1. The van der Waals surface area contributed by atoms with Crippen LogP contribution in [0.4, 0.5) is 5.69 Å². The number of thiocarbonyl (C=S) groups is 1. The van der Waals surface area contributed by atoms with Crippen molar-refractivity contribution in [1.29, 1.82) is 0 Å². The molecule has 6 nitrogen and oxygen atoms in total. The minimum absolute atomic E-state index is 0.00950. The van der Waals surface area contributed by atoms with Crippen molar-refractivity contribution in [3.63, 3.8) is 0 Å². The third-order valence-electron chi connectivity index (χ3n) is 4.37. The number of rotatable bonds is 3. The largest absolute Gasteiger partial charge is 0.347 e. The molecule has 1 aromatic carbocycles. The maximum Gasteiger partial charge on any atom is 0.241 e. The highest BCUT2D eigenvalue weighted by Gasteiger charge is 2.52. The number of halogens is 1. The quantitative estimate of drug-likeness (QED) is 0.721. The van der Waals surface area contributed by atoms with Gasteiger partial charge in [0.15, 0.2) is 14.9 Å². The van der Waals surface area contributed by atoms with Crippen molar-refractivity contribution < 1.29 is 13.2 Å². The van der Waals surface area contributed by atoms with Gasteiger partial charge < -0.3 is 14.7 Å². The van der Waals surface area contributed by atoms with Crippen LogP contribution in [0.5, 0.6) is 0 Å². The van der Waals surface area contributed by atoms with E-state index >= 15 is 0 Å². The summed E-state index contributed by atoms with van der Waals surface area (Å²) in [5.74, 6) is -0.0830. The number of fused-ring (bicyclic) bond motifs is 1. The smallest absolute Gasteiger partial charge is 0.241 e. The number of anilines is 1. The van der Waals surface area contributed by atoms with Gasteiger partial charge in [0.2, 0.25) is 5.91 Å². The van der Waals surface area contributed by atoms with Crippen LogP contribution >= 0.6 is 23.8 Å². The fraction of sp³-hybridized carbons (Fsp3) is 0.467. The lowest BCUT2D eigenvalue weighted by Gasteiger charge is -2.26. The van der Waals surface area contributed by atoms with E-state index < -0.39 is 9.84 Å². The average Bonchev–Trinajstić information content (AvgIpc) is 2.90. The van der Waals surface area contributed by atoms with Crippen LogP contribution in [0, 0.1) is 0 Å². The van der Waals surface area contributed by atoms with Gasteiger partial charge in [0.25, 0.3) is 0 Å². The van der Waals surface area contributed by atoms with Crippen LogP contribution in [0.25, 0.3) is 0 Å². The first kappa shape index (κ1) is 17.4. The molecular weight excluding hydrogens is 370 g/mol. The predicted octanol–water partition coefficient (Wildman–Crippen LogP) is 1.00. The molecule has 3 rings (SSSR count). The molecule has 2 aliphatic heterocycles. The summed E-state index contributed by atoms with van der Waals surface area (Å²) in [6, 6.07) is 6.54. The molecule has 0 spiro atoms. The SMILES string of the molecule is CN(C)C(=O)CN1C(=S)N(c2cccc(Cl)c2)[C@@H]2CS(=O)(=O)C[C@H]21. The molecule has 2 aliphatic rings. The van der Waals surface area contributed by atoms with Gasteiger partial charge in [-0.15, -0.1) is 0 Å². The first-order valence-electron chi connectivity index (χ1n) is 7.45. The van der Waals surface area contributed by atoms with Crippen molar-refractivity contribution in [3.05, 3.63) is 29.3 Å². The molecule has 0 radical (unpaired) electrons. The van der Waals surface area contributed by atoms with Crippen LogP contribution in [-0.2, 0) is 14.6 Å². The van der Waals surface area contributed by atoms with Crippen molar-refractivity contribution >= 4 is 50.4 Å². The molecule has 2 heterocycles. The number of likely N-dealkylation sites (N-methyl/N-ethyl adjacent to an activating group) is 1. The lowest BCUT2D eigenvalue weighted by molar-refractivity contribution is -0.129. The lowest BCUT2D eigenvalue weighted by atomic mass is 10.1. The molecule has 2 saturated heterocycles. The third kappa shape index (κ3) is 3.10. The molecule has 0 unspecified atom stereocenters. The van der Waals surface area contributed by atoms with Gasteiger partial charge in [-0.1, -0.05) is 17.7 Å². The van der Waals surface area contributed by atoms with Gasteiger partial charge in [-0.25, -0.2) is 8.42 Å². The first-order valence-corrected chi connectivity index (χ1v) is 10.1. The van der Waals surface area contributed by atoms with Gasteiger partial charge in [-0.2, -0.15) is 0 Å². The second kappa shape index (κ2) is 6.16. The topological polar surface area (TPSA) is 60.9 Å². The first-order chi connectivity index (χ1) is 11.2. The molecular formula is C15H18ClN3O3S2. The number of benzene rings is 1. The second-order valence-electron chi connectivity index (χ2n) is 6.26. The molecule has 2 fully saturated rings. The van der Waals surface area contributed by atoms with Crippen LogP contribution < -0.4 is 4.90 Å². The number of amides is 1. The summed E-state index contributed by atoms with van der Waals surface area (Å²) in [6.45, 7) is 0.0690. The fourth-order valence-corrected chi connectivity index (χ4v) is 5.75. The van der Waals surface area contributed by atoms with E-state index in [1.54, 1.807) is 37.2 Å². The van der Waals surface area contributed by atoms with E-state index in [1.165, 1.54) is 4.90 Å². The van der Waals surface area contributed by atoms with Crippen molar-refractivity contribution in [2.45, 2.75) is 12.1 Å². The number of carbonyl (C=O) groups is 1. The van der Waals surface area contributed by atoms with Gasteiger partial charge in [0.1, 0.15) is 0 Å². The number of hydrogen-bond donors (Lipinski definition) is 0. The Balaban J connectivity index is 1.98. The zero-order valence-electron chi connectivity index (χ0n) is 13.3. The Morgan fingerprint density at radius 2 is 2.00 bits per heavy atom. The normalized spacial score (nSPS) is 25.0. The summed E-state index contributed by atoms with van der Waals surface area (Å²) < 4.78 is 24.3. The van der Waals surface area contributed by atoms with E-state index in [0.717, 1.165) is 5.69 Å². The minimum atomic E-state index is -3.17. The van der Waals surface area contributed by atoms with Gasteiger partial charge in [-0.3, -0.25) is 4.79 Å². The van der Waals surface area contributed by atoms with Crippen LogP contribution in [-0.4, -0.2) is 73.5 Å². The van der Waals surface area contributed by atoms with E-state index in [9.17, 15) is 13.2 Å². The predicted molar refractivity (Wildman–Crippen MR) is 98.2 cm³/mol. The highest BCUT2D eigenvalue weighted by atomic mass is 35.5. The summed E-state index contributed by atoms with van der Waals surface area (Å²) >= 11 is 11.6. The van der Waals surface area contributed by atoms with Gasteiger partial charge in [0, 0.05) is 24.8 Å². The van der Waals surface area contributed by atoms with Crippen LogP contribution in [0.1, 0.15) is 0 Å². The van der Waals surface area contributed by atoms with E-state index in [2.05, 4.69) is 0 Å². The molecule has 2 atom stereocenters. The van der Waals surface area contributed by atoms with E-state index in [0.29, 0.717) is 10.1 Å². The number of hydrogen-bond acceptors (Lipinski definition) is 4. The van der Waals surface area contributed by atoms with Crippen molar-refractivity contribution in [1.82, 2.24) is 9.80 Å². The maximum atomic E-state index is 12.1. The highest BCUT2D eigenvalue weighted by Crippen LogP contribution is 2.35. The Hall–Kier alpha value is -1.38. The molecule has 0 aliphatic carbocycles. The minimum Gasteiger partial charge on any atom is -0.347 e. The molecule has 1 amide bonds. The summed E-state index contributed by atoms with van der Waals surface area (Å²) in [5, 5.41) is 1.02. The van der Waals surface area contributed by atoms with E-state index in [-0.39, 0.29) is 36.0 Å². The third-order valence-corrected chi connectivity index (χ3v) is 6.73. The monoisotopic (exact) mass is 387 g/mol. The molecule has 0 aromatic heterocycles. The van der Waals surface area contributed by atoms with E-state index in [4.69, 9.17) is 23.8 Å². The highest BCUT2D eigenvalue weighted by molar-refractivity contribution is 7.91. The van der Waals surface area contributed by atoms with Crippen LogP contribution in [0.2, 0.25) is 5.02 Å². The molecule has 0 N–H and O–H groups in total. The fourth-order valence-electron chi connectivity index (χ4n) is 3.18. The average molecular weight is 388 g/mol. The summed E-state index contributed by atoms with van der Waals surface area (Å²) in [5.41, 5.74) is 0.749. The lowest BCUT2D eigenvalue weighted by Crippen LogP contribution is -2.43. The number of sulfone groups is 1. The standard InChI is InChI=1S/C15H18ClN3O3S2/c1-17(2)14(20)7-18-12-8-24(21,22)9-13(12)19(15(18)23)11-5-3-4-10(16)6-11/h3-6,12-13H,7-9H2,1-2H3/t12-,13-/m1/s1. The number of carbonyl (C=O) groups excluding carboxylic acids is 1. The zero-order valence-corrected chi connectivity index (χ0v) is 15.7. The second-order valence-corrected chi connectivity index (χ2v) is 9.22. The van der Waals surface area contributed by atoms with Crippen LogP contribution in [0.15, 0.2) is 24.3 Å². The molecule has 24 heavy (non-hydrogen) atoms. The van der Waals surface area contributed by atoms with Crippen molar-refractivity contribution in [3.8, 4) is 0 Å². The zero-order chi connectivity index (χ0) is 17.6. The Kier molecular flexibility index (Phi) is 4.48. The summed E-state index contributed by atoms with van der Waals surface area (Å²) in [7, 11) is 0.162. The molecule has 130 valence electrons. The summed E-state index contributed by atoms with van der Waals surface area (Å²) in [4.78, 5) is 17.2. The van der Waals surface area contributed by atoms with E-state index in [1.807, 2.05) is 11.0 Å². The Labute approximate surface area is 151 Å². The molecule has 1 aromatic rings. The Bertz CT molecular complexity index is 797.